The predicted molar refractivity (Wildman–Crippen MR) is 120 cm³/mol. The number of hydrogen-bond donors (Lipinski definition) is 2. The number of quaternary nitrogens is 1. The predicted octanol–water partition coefficient (Wildman–Crippen LogP) is 2.12. The highest BCUT2D eigenvalue weighted by Crippen LogP contribution is 2.21. The molecule has 2 rings (SSSR count). The highest BCUT2D eigenvalue weighted by atomic mass is 16.5. The van der Waals surface area contributed by atoms with Crippen LogP contribution in [0.5, 0.6) is 5.75 Å². The number of ether oxygens (including phenoxy) is 1. The Hall–Kier alpha value is -2.86. The van der Waals surface area contributed by atoms with Crippen molar-refractivity contribution in [1.29, 1.82) is 0 Å². The average Bonchev–Trinajstić information content (AvgIpc) is 2.66. The fourth-order valence-electron chi connectivity index (χ4n) is 3.51. The molecule has 2 aromatic rings. The molecule has 30 heavy (non-hydrogen) atoms. The Morgan fingerprint density at radius 1 is 1.03 bits per heavy atom. The van der Waals surface area contributed by atoms with Gasteiger partial charge in [-0.1, -0.05) is 29.8 Å². The van der Waals surface area contributed by atoms with Gasteiger partial charge in [0.15, 0.2) is 13.1 Å². The van der Waals surface area contributed by atoms with E-state index in [4.69, 9.17) is 4.74 Å². The zero-order valence-corrected chi connectivity index (χ0v) is 19.0. The van der Waals surface area contributed by atoms with E-state index in [1.54, 1.807) is 11.9 Å². The van der Waals surface area contributed by atoms with Crippen molar-refractivity contribution in [2.75, 3.05) is 39.1 Å². The topological polar surface area (TPSA) is 63.1 Å². The summed E-state index contributed by atoms with van der Waals surface area (Å²) in [5, 5.41) is 3.00. The summed E-state index contributed by atoms with van der Waals surface area (Å²) < 4.78 is 5.44. The van der Waals surface area contributed by atoms with Crippen LogP contribution in [0.3, 0.4) is 0 Å². The van der Waals surface area contributed by atoms with Gasteiger partial charge in [0.05, 0.1) is 13.7 Å². The van der Waals surface area contributed by atoms with Crippen LogP contribution in [0.1, 0.15) is 29.2 Å². The molecule has 0 fully saturated rings. The summed E-state index contributed by atoms with van der Waals surface area (Å²) >= 11 is 0. The molecular formula is C24H34N3O3+. The van der Waals surface area contributed by atoms with Gasteiger partial charge in [0.25, 0.3) is 11.8 Å². The fourth-order valence-corrected chi connectivity index (χ4v) is 3.51. The summed E-state index contributed by atoms with van der Waals surface area (Å²) in [6.45, 7) is 9.61. The second-order valence-corrected chi connectivity index (χ2v) is 7.96. The van der Waals surface area contributed by atoms with Crippen molar-refractivity contribution in [2.45, 2.75) is 34.2 Å². The van der Waals surface area contributed by atoms with Crippen molar-refractivity contribution in [1.82, 2.24) is 4.90 Å². The minimum atomic E-state index is -0.0930. The molecule has 2 N–H and O–H groups in total. The van der Waals surface area contributed by atoms with Gasteiger partial charge in [-0.3, -0.25) is 9.59 Å². The Kier molecular flexibility index (Phi) is 8.42. The largest absolute Gasteiger partial charge is 0.494 e. The molecule has 0 aliphatic heterocycles. The van der Waals surface area contributed by atoms with Crippen molar-refractivity contribution in [3.05, 3.63) is 58.7 Å². The van der Waals surface area contributed by atoms with E-state index in [2.05, 4.69) is 17.4 Å². The summed E-state index contributed by atoms with van der Waals surface area (Å²) in [6, 6.07) is 11.9. The Balaban J connectivity index is 1.85. The van der Waals surface area contributed by atoms with E-state index in [0.29, 0.717) is 13.2 Å². The Morgan fingerprint density at radius 3 is 2.20 bits per heavy atom. The summed E-state index contributed by atoms with van der Waals surface area (Å²) in [4.78, 5) is 27.6. The molecule has 0 aromatic heterocycles. The third kappa shape index (κ3) is 6.88. The molecule has 2 amide bonds. The molecule has 0 aliphatic rings. The molecule has 162 valence electrons. The number of hydrogen-bond acceptors (Lipinski definition) is 3. The van der Waals surface area contributed by atoms with Crippen molar-refractivity contribution in [2.24, 2.45) is 0 Å². The number of amides is 2. The lowest BCUT2D eigenvalue weighted by molar-refractivity contribution is -0.862. The van der Waals surface area contributed by atoms with E-state index in [9.17, 15) is 9.59 Å². The maximum Gasteiger partial charge on any atom is 0.279 e. The van der Waals surface area contributed by atoms with Crippen molar-refractivity contribution < 1.29 is 19.2 Å². The maximum atomic E-state index is 12.6. The number of likely N-dealkylation sites (N-methyl/N-ethyl adjacent to an activating group) is 2. The zero-order valence-electron chi connectivity index (χ0n) is 19.0. The SMILES string of the molecule is CCOc1ccc(CN(C)C(=O)C[NH+](C)CC(=O)Nc2c(C)cc(C)cc2C)cc1. The molecule has 1 unspecified atom stereocenters. The van der Waals surface area contributed by atoms with Gasteiger partial charge in [0, 0.05) is 19.3 Å². The molecule has 1 atom stereocenters. The third-order valence-electron chi connectivity index (χ3n) is 4.94. The van der Waals surface area contributed by atoms with Gasteiger partial charge in [0.1, 0.15) is 5.75 Å². The normalized spacial score (nSPS) is 11.7. The van der Waals surface area contributed by atoms with Crippen molar-refractivity contribution in [3.63, 3.8) is 0 Å². The van der Waals surface area contributed by atoms with E-state index in [1.807, 2.05) is 59.0 Å². The molecule has 0 bridgehead atoms. The van der Waals surface area contributed by atoms with Crippen LogP contribution in [-0.4, -0.2) is 50.5 Å². The smallest absolute Gasteiger partial charge is 0.279 e. The lowest BCUT2D eigenvalue weighted by atomic mass is 10.1. The Morgan fingerprint density at radius 2 is 1.63 bits per heavy atom. The van der Waals surface area contributed by atoms with Gasteiger partial charge in [-0.25, -0.2) is 0 Å². The maximum absolute atomic E-state index is 12.6. The molecule has 2 aromatic carbocycles. The van der Waals surface area contributed by atoms with Crippen LogP contribution in [0.25, 0.3) is 0 Å². The van der Waals surface area contributed by atoms with E-state index < -0.39 is 0 Å². The molecule has 0 spiro atoms. The molecule has 0 aliphatic carbocycles. The fraction of sp³-hybridized carbons (Fsp3) is 0.417. The monoisotopic (exact) mass is 412 g/mol. The number of aryl methyl sites for hydroxylation is 3. The summed E-state index contributed by atoms with van der Waals surface area (Å²) in [6.07, 6.45) is 0. The standard InChI is InChI=1S/C24H33N3O3/c1-7-30-21-10-8-20(9-11-21)14-27(6)23(29)16-26(5)15-22(28)25-24-18(3)12-17(2)13-19(24)4/h8-13H,7,14-16H2,1-6H3,(H,25,28)/p+1. The van der Waals surface area contributed by atoms with Crippen LogP contribution in [-0.2, 0) is 16.1 Å². The second kappa shape index (κ2) is 10.8. The highest BCUT2D eigenvalue weighted by molar-refractivity contribution is 5.93. The number of nitrogens with one attached hydrogen (secondary N) is 2. The van der Waals surface area contributed by atoms with Gasteiger partial charge in [-0.05, 0) is 56.5 Å². The van der Waals surface area contributed by atoms with Crippen LogP contribution in [0.4, 0.5) is 5.69 Å². The van der Waals surface area contributed by atoms with Gasteiger partial charge >= 0.3 is 0 Å². The molecule has 0 saturated heterocycles. The van der Waals surface area contributed by atoms with E-state index >= 15 is 0 Å². The van der Waals surface area contributed by atoms with Crippen LogP contribution in [0.2, 0.25) is 0 Å². The first kappa shape index (κ1) is 23.4. The first-order valence-electron chi connectivity index (χ1n) is 10.3. The molecule has 0 heterocycles. The van der Waals surface area contributed by atoms with Crippen LogP contribution in [0, 0.1) is 20.8 Å². The van der Waals surface area contributed by atoms with E-state index in [0.717, 1.165) is 33.0 Å². The Bertz CT molecular complexity index is 855. The second-order valence-electron chi connectivity index (χ2n) is 7.96. The minimum Gasteiger partial charge on any atom is -0.494 e. The summed E-state index contributed by atoms with van der Waals surface area (Å²) in [5.74, 6) is 0.728. The number of carbonyl (C=O) groups is 2. The average molecular weight is 413 g/mol. The number of rotatable bonds is 9. The lowest BCUT2D eigenvalue weighted by Crippen LogP contribution is -3.11. The lowest BCUT2D eigenvalue weighted by Gasteiger charge is -2.20. The van der Waals surface area contributed by atoms with E-state index in [1.165, 1.54) is 5.56 Å². The van der Waals surface area contributed by atoms with E-state index in [-0.39, 0.29) is 24.9 Å². The first-order chi connectivity index (χ1) is 14.2. The molecule has 6 nitrogen and oxygen atoms in total. The molecule has 0 saturated carbocycles. The van der Waals surface area contributed by atoms with Crippen LogP contribution >= 0.6 is 0 Å². The molecule has 6 heteroatoms. The van der Waals surface area contributed by atoms with Crippen LogP contribution in [0.15, 0.2) is 36.4 Å². The summed E-state index contributed by atoms with van der Waals surface area (Å²) in [5.41, 5.74) is 5.16. The molecular weight excluding hydrogens is 378 g/mol. The highest BCUT2D eigenvalue weighted by Gasteiger charge is 2.18. The van der Waals surface area contributed by atoms with Crippen LogP contribution < -0.4 is 15.0 Å². The van der Waals surface area contributed by atoms with Gasteiger partial charge in [-0.15, -0.1) is 0 Å². The number of carbonyl (C=O) groups excluding carboxylic acids is 2. The summed E-state index contributed by atoms with van der Waals surface area (Å²) in [7, 11) is 3.64. The Labute approximate surface area is 179 Å². The van der Waals surface area contributed by atoms with Crippen molar-refractivity contribution >= 4 is 17.5 Å². The van der Waals surface area contributed by atoms with Crippen molar-refractivity contribution in [3.8, 4) is 5.75 Å². The first-order valence-corrected chi connectivity index (χ1v) is 10.3. The third-order valence-corrected chi connectivity index (χ3v) is 4.94. The minimum absolute atomic E-state index is 0.00289. The number of benzene rings is 2. The quantitative estimate of drug-likeness (QED) is 0.663. The van der Waals surface area contributed by atoms with Gasteiger partial charge in [0.2, 0.25) is 0 Å². The van der Waals surface area contributed by atoms with Gasteiger partial charge in [-0.2, -0.15) is 0 Å². The number of nitrogens with zero attached hydrogens (tertiary/aromatic N) is 1. The number of anilines is 1. The van der Waals surface area contributed by atoms with Gasteiger partial charge < -0.3 is 19.9 Å². The zero-order chi connectivity index (χ0) is 22.3. The molecule has 0 radical (unpaired) electrons.